The van der Waals surface area contributed by atoms with Gasteiger partial charge in [-0.3, -0.25) is 9.55 Å². The van der Waals surface area contributed by atoms with Crippen LogP contribution in [0.3, 0.4) is 0 Å². The first-order valence-corrected chi connectivity index (χ1v) is 10.6. The van der Waals surface area contributed by atoms with Gasteiger partial charge in [-0.2, -0.15) is 0 Å². The number of hydrogen-bond donors (Lipinski definition) is 2. The van der Waals surface area contributed by atoms with Crippen molar-refractivity contribution in [2.45, 2.75) is 38.1 Å². The van der Waals surface area contributed by atoms with Crippen molar-refractivity contribution in [2.75, 3.05) is 26.3 Å². The van der Waals surface area contributed by atoms with Gasteiger partial charge in [0.15, 0.2) is 11.3 Å². The van der Waals surface area contributed by atoms with E-state index in [2.05, 4.69) is 39.6 Å². The summed E-state index contributed by atoms with van der Waals surface area (Å²) in [6.45, 7) is 4.45. The number of aromatic nitrogens is 4. The largest absolute Gasteiger partial charge is 0.381 e. The Morgan fingerprint density at radius 2 is 1.97 bits per heavy atom. The van der Waals surface area contributed by atoms with Crippen LogP contribution in [-0.4, -0.2) is 45.8 Å². The predicted octanol–water partition coefficient (Wildman–Crippen LogP) is 2.68. The molecule has 0 bridgehead atoms. The second-order valence-corrected chi connectivity index (χ2v) is 8.17. The number of ether oxygens (including phenoxy) is 1. The van der Waals surface area contributed by atoms with Gasteiger partial charge in [0.25, 0.3) is 0 Å². The smallest absolute Gasteiger partial charge is 0.328 e. The zero-order chi connectivity index (χ0) is 19.6. The number of nitrogens with zero attached hydrogens (tertiary/aromatic N) is 3. The van der Waals surface area contributed by atoms with Crippen LogP contribution in [-0.2, 0) is 11.3 Å². The van der Waals surface area contributed by atoms with Crippen LogP contribution in [0.25, 0.3) is 22.6 Å². The summed E-state index contributed by atoms with van der Waals surface area (Å²) in [7, 11) is 0. The third-order valence-electron chi connectivity index (χ3n) is 6.32. The van der Waals surface area contributed by atoms with E-state index in [4.69, 9.17) is 9.72 Å². The van der Waals surface area contributed by atoms with Gasteiger partial charge in [-0.15, -0.1) is 0 Å². The van der Waals surface area contributed by atoms with E-state index in [9.17, 15) is 4.79 Å². The van der Waals surface area contributed by atoms with Crippen LogP contribution in [0.5, 0.6) is 0 Å². The first kappa shape index (κ1) is 18.5. The number of hydrogen-bond acceptors (Lipinski definition) is 5. The molecule has 2 aliphatic rings. The summed E-state index contributed by atoms with van der Waals surface area (Å²) in [5, 5.41) is 3.42. The number of nitrogens with one attached hydrogen (secondary N) is 2. The van der Waals surface area contributed by atoms with Gasteiger partial charge in [-0.05, 0) is 49.6 Å². The number of fused-ring (bicyclic) bond motifs is 1. The molecule has 29 heavy (non-hydrogen) atoms. The zero-order valence-electron chi connectivity index (χ0n) is 16.6. The highest BCUT2D eigenvalue weighted by molar-refractivity contribution is 5.70. The summed E-state index contributed by atoms with van der Waals surface area (Å²) in [4.78, 5) is 24.5. The standard InChI is InChI=1S/C22H27N5O2/c28-22-26-20-21(27(22)10-6-15-7-11-29-12-8-15)25-19(14-24-20)17-3-1-16(2-4-17)18-5-9-23-13-18/h1-4,14-15,18,23H,5-13H2,(H,24,26,28). The molecule has 7 heteroatoms. The molecule has 2 aromatic heterocycles. The lowest BCUT2D eigenvalue weighted by Crippen LogP contribution is -2.22. The fourth-order valence-corrected chi connectivity index (χ4v) is 4.48. The Kier molecular flexibility index (Phi) is 5.16. The summed E-state index contributed by atoms with van der Waals surface area (Å²) in [6, 6.07) is 8.60. The second-order valence-electron chi connectivity index (χ2n) is 8.17. The van der Waals surface area contributed by atoms with E-state index < -0.39 is 0 Å². The molecule has 4 heterocycles. The molecular formula is C22H27N5O2. The quantitative estimate of drug-likeness (QED) is 0.696. The topological polar surface area (TPSA) is 84.8 Å². The van der Waals surface area contributed by atoms with Crippen LogP contribution in [0, 0.1) is 5.92 Å². The molecular weight excluding hydrogens is 366 g/mol. The van der Waals surface area contributed by atoms with E-state index in [1.165, 1.54) is 12.0 Å². The lowest BCUT2D eigenvalue weighted by molar-refractivity contribution is 0.0626. The highest BCUT2D eigenvalue weighted by atomic mass is 16.5. The normalized spacial score (nSPS) is 20.5. The molecule has 0 amide bonds. The number of H-pyrrole nitrogens is 1. The third-order valence-corrected chi connectivity index (χ3v) is 6.32. The summed E-state index contributed by atoms with van der Waals surface area (Å²) in [5.74, 6) is 1.20. The molecule has 152 valence electrons. The minimum atomic E-state index is -0.131. The molecule has 5 rings (SSSR count). The molecule has 7 nitrogen and oxygen atoms in total. The van der Waals surface area contributed by atoms with E-state index in [1.54, 1.807) is 10.8 Å². The molecule has 2 aliphatic heterocycles. The Morgan fingerprint density at radius 3 is 2.72 bits per heavy atom. The number of imidazole rings is 1. The van der Waals surface area contributed by atoms with Crippen LogP contribution < -0.4 is 11.0 Å². The lowest BCUT2D eigenvalue weighted by Gasteiger charge is -2.21. The van der Waals surface area contributed by atoms with Crippen LogP contribution in [0.2, 0.25) is 0 Å². The molecule has 3 aromatic rings. The number of aromatic amines is 1. The second kappa shape index (κ2) is 8.08. The fraction of sp³-hybridized carbons (Fsp3) is 0.500. The molecule has 1 unspecified atom stereocenters. The van der Waals surface area contributed by atoms with Crippen LogP contribution >= 0.6 is 0 Å². The summed E-state index contributed by atoms with van der Waals surface area (Å²) >= 11 is 0. The van der Waals surface area contributed by atoms with E-state index >= 15 is 0 Å². The van der Waals surface area contributed by atoms with Gasteiger partial charge in [0.2, 0.25) is 0 Å². The van der Waals surface area contributed by atoms with Crippen molar-refractivity contribution < 1.29 is 4.74 Å². The number of benzene rings is 1. The molecule has 0 saturated carbocycles. The van der Waals surface area contributed by atoms with Crippen LogP contribution in [0.1, 0.15) is 37.2 Å². The van der Waals surface area contributed by atoms with Crippen molar-refractivity contribution in [3.8, 4) is 11.3 Å². The highest BCUT2D eigenvalue weighted by Gasteiger charge is 2.18. The maximum atomic E-state index is 12.4. The first-order valence-electron chi connectivity index (χ1n) is 10.6. The van der Waals surface area contributed by atoms with Gasteiger partial charge in [0.05, 0.1) is 11.9 Å². The van der Waals surface area contributed by atoms with Gasteiger partial charge in [-0.1, -0.05) is 24.3 Å². The van der Waals surface area contributed by atoms with Gasteiger partial charge in [0, 0.05) is 31.9 Å². The van der Waals surface area contributed by atoms with E-state index in [-0.39, 0.29) is 5.69 Å². The van der Waals surface area contributed by atoms with Crippen LogP contribution in [0.15, 0.2) is 35.3 Å². The minimum Gasteiger partial charge on any atom is -0.381 e. The van der Waals surface area contributed by atoms with Gasteiger partial charge in [0.1, 0.15) is 0 Å². The molecule has 0 radical (unpaired) electrons. The van der Waals surface area contributed by atoms with E-state index in [1.807, 2.05) is 0 Å². The summed E-state index contributed by atoms with van der Waals surface area (Å²) in [6.07, 6.45) is 6.03. The number of rotatable bonds is 5. The summed E-state index contributed by atoms with van der Waals surface area (Å²) in [5.41, 5.74) is 4.25. The predicted molar refractivity (Wildman–Crippen MR) is 112 cm³/mol. The zero-order valence-corrected chi connectivity index (χ0v) is 16.6. The Bertz CT molecular complexity index is 1030. The van der Waals surface area contributed by atoms with Gasteiger partial charge in [-0.25, -0.2) is 14.8 Å². The Labute approximate surface area is 169 Å². The maximum absolute atomic E-state index is 12.4. The Morgan fingerprint density at radius 1 is 1.14 bits per heavy atom. The van der Waals surface area contributed by atoms with Crippen molar-refractivity contribution >= 4 is 11.3 Å². The molecule has 1 atom stereocenters. The van der Waals surface area contributed by atoms with Crippen molar-refractivity contribution in [1.29, 1.82) is 0 Å². The van der Waals surface area contributed by atoms with Crippen molar-refractivity contribution in [1.82, 2.24) is 24.8 Å². The number of aryl methyl sites for hydroxylation is 1. The van der Waals surface area contributed by atoms with Gasteiger partial charge < -0.3 is 10.1 Å². The Balaban J connectivity index is 1.39. The monoisotopic (exact) mass is 393 g/mol. The summed E-state index contributed by atoms with van der Waals surface area (Å²) < 4.78 is 7.17. The Hall–Kier alpha value is -2.51. The maximum Gasteiger partial charge on any atom is 0.328 e. The average molecular weight is 393 g/mol. The van der Waals surface area contributed by atoms with Gasteiger partial charge >= 0.3 is 5.69 Å². The van der Waals surface area contributed by atoms with Crippen molar-refractivity contribution in [3.63, 3.8) is 0 Å². The van der Waals surface area contributed by atoms with Crippen molar-refractivity contribution in [2.24, 2.45) is 5.92 Å². The average Bonchev–Trinajstić information content (AvgIpc) is 3.40. The van der Waals surface area contributed by atoms with E-state index in [0.29, 0.717) is 29.7 Å². The fourth-order valence-electron chi connectivity index (χ4n) is 4.48. The lowest BCUT2D eigenvalue weighted by atomic mass is 9.97. The van der Waals surface area contributed by atoms with Crippen LogP contribution in [0.4, 0.5) is 0 Å². The minimum absolute atomic E-state index is 0.131. The molecule has 0 spiro atoms. The highest BCUT2D eigenvalue weighted by Crippen LogP contribution is 2.26. The SMILES string of the molecule is O=c1[nH]c2ncc(-c3ccc(C4CCNC4)cc3)nc2n1CCC1CCOCC1. The third kappa shape index (κ3) is 3.84. The molecule has 2 fully saturated rings. The van der Waals surface area contributed by atoms with Crippen molar-refractivity contribution in [3.05, 3.63) is 46.5 Å². The first-order chi connectivity index (χ1) is 14.3. The molecule has 1 aromatic carbocycles. The van der Waals surface area contributed by atoms with E-state index in [0.717, 1.165) is 56.8 Å². The molecule has 0 aliphatic carbocycles. The molecule has 2 saturated heterocycles. The molecule has 2 N–H and O–H groups in total.